The standard InChI is InChI=1S/C62H60N2/c1-39(2)43(6)45-19-31-53-54-32-20-46(36-58(54)61(7,8)57(53)35-45)44-17-27-50(28-18-44)64(49-25-15-42(5)16-26-49)52-30-34-56-55-33-29-51(37-59(55)62(9,10)60(56)38-52)63(47-21-11-40(3)12-22-47)48-23-13-41(4)14-24-48/h11-39,43H,1-10H3. The molecule has 0 saturated heterocycles. The quantitative estimate of drug-likeness (QED) is 0.143. The fraction of sp³-hybridized carbons (Fsp3) is 0.226. The molecule has 0 heterocycles. The fourth-order valence-electron chi connectivity index (χ4n) is 10.4. The van der Waals surface area contributed by atoms with Crippen LogP contribution in [0.2, 0.25) is 0 Å². The number of anilines is 6. The Morgan fingerprint density at radius 2 is 0.641 bits per heavy atom. The zero-order valence-corrected chi connectivity index (χ0v) is 39.2. The zero-order valence-electron chi connectivity index (χ0n) is 39.2. The van der Waals surface area contributed by atoms with Crippen molar-refractivity contribution in [3.05, 3.63) is 214 Å². The van der Waals surface area contributed by atoms with Gasteiger partial charge in [-0.25, -0.2) is 0 Å². The summed E-state index contributed by atoms with van der Waals surface area (Å²) in [6.07, 6.45) is 0. The Morgan fingerprint density at radius 1 is 0.328 bits per heavy atom. The maximum absolute atomic E-state index is 2.48. The summed E-state index contributed by atoms with van der Waals surface area (Å²) in [5.74, 6) is 1.13. The molecule has 0 fully saturated rings. The van der Waals surface area contributed by atoms with Crippen LogP contribution in [0.25, 0.3) is 33.4 Å². The molecule has 0 aliphatic heterocycles. The van der Waals surface area contributed by atoms with E-state index in [0.717, 1.165) is 34.1 Å². The second-order valence-corrected chi connectivity index (χ2v) is 20.0. The summed E-state index contributed by atoms with van der Waals surface area (Å²) in [6.45, 7) is 23.0. The Bertz CT molecular complexity index is 2990. The Morgan fingerprint density at radius 3 is 1.05 bits per heavy atom. The summed E-state index contributed by atoms with van der Waals surface area (Å²) in [5.41, 5.74) is 25.2. The van der Waals surface area contributed by atoms with Crippen LogP contribution >= 0.6 is 0 Å². The van der Waals surface area contributed by atoms with E-state index in [1.807, 2.05) is 0 Å². The number of hydrogen-bond donors (Lipinski definition) is 0. The molecule has 1 atom stereocenters. The Kier molecular flexibility index (Phi) is 10.1. The Hall–Kier alpha value is -6.64. The highest BCUT2D eigenvalue weighted by Gasteiger charge is 2.38. The SMILES string of the molecule is Cc1ccc(N(c2ccc(C)cc2)c2ccc3c(c2)C(C)(C)c2cc(N(c4ccc(C)cc4)c4ccc(-c5ccc6c(c5)C(C)(C)c5cc(C(C)C(C)C)ccc5-6)cc4)ccc2-3)cc1. The van der Waals surface area contributed by atoms with Crippen LogP contribution in [0, 0.1) is 26.7 Å². The normalized spacial score (nSPS) is 14.4. The first kappa shape index (κ1) is 41.4. The predicted molar refractivity (Wildman–Crippen MR) is 274 cm³/mol. The third-order valence-corrected chi connectivity index (χ3v) is 14.7. The topological polar surface area (TPSA) is 6.48 Å². The van der Waals surface area contributed by atoms with Crippen LogP contribution in [-0.2, 0) is 10.8 Å². The van der Waals surface area contributed by atoms with Crippen LogP contribution in [0.5, 0.6) is 0 Å². The number of benzene rings is 8. The number of rotatable bonds is 9. The molecule has 318 valence electrons. The van der Waals surface area contributed by atoms with E-state index in [1.54, 1.807) is 0 Å². The predicted octanol–water partition coefficient (Wildman–Crippen LogP) is 17.6. The van der Waals surface area contributed by atoms with E-state index in [1.165, 1.54) is 77.9 Å². The van der Waals surface area contributed by atoms with Gasteiger partial charge < -0.3 is 9.80 Å². The van der Waals surface area contributed by atoms with Crippen molar-refractivity contribution in [3.8, 4) is 33.4 Å². The highest BCUT2D eigenvalue weighted by Crippen LogP contribution is 2.54. The molecule has 0 amide bonds. The van der Waals surface area contributed by atoms with Crippen LogP contribution in [-0.4, -0.2) is 0 Å². The summed E-state index contributed by atoms with van der Waals surface area (Å²) in [7, 11) is 0. The highest BCUT2D eigenvalue weighted by atomic mass is 15.1. The molecule has 2 nitrogen and oxygen atoms in total. The minimum atomic E-state index is -0.221. The van der Waals surface area contributed by atoms with Gasteiger partial charge in [-0.2, -0.15) is 0 Å². The molecule has 0 aromatic heterocycles. The minimum absolute atomic E-state index is 0.0697. The minimum Gasteiger partial charge on any atom is -0.310 e. The van der Waals surface area contributed by atoms with Crippen molar-refractivity contribution < 1.29 is 0 Å². The molecular weight excluding hydrogens is 773 g/mol. The molecule has 2 aliphatic rings. The third kappa shape index (κ3) is 6.96. The second-order valence-electron chi connectivity index (χ2n) is 20.0. The molecule has 0 bridgehead atoms. The number of nitrogens with zero attached hydrogens (tertiary/aromatic N) is 2. The lowest BCUT2D eigenvalue weighted by molar-refractivity contribution is 0.533. The highest BCUT2D eigenvalue weighted by molar-refractivity contribution is 5.89. The number of aryl methyl sites for hydroxylation is 3. The van der Waals surface area contributed by atoms with Crippen molar-refractivity contribution in [2.45, 2.75) is 86.0 Å². The van der Waals surface area contributed by atoms with Crippen molar-refractivity contribution in [1.82, 2.24) is 0 Å². The van der Waals surface area contributed by atoms with Gasteiger partial charge in [-0.15, -0.1) is 0 Å². The average molecular weight is 833 g/mol. The van der Waals surface area contributed by atoms with Gasteiger partial charge in [-0.3, -0.25) is 0 Å². The molecule has 0 N–H and O–H groups in total. The summed E-state index contributed by atoms with van der Waals surface area (Å²) >= 11 is 0. The third-order valence-electron chi connectivity index (χ3n) is 14.7. The van der Waals surface area contributed by atoms with E-state index in [4.69, 9.17) is 0 Å². The lowest BCUT2D eigenvalue weighted by atomic mass is 9.79. The van der Waals surface area contributed by atoms with E-state index in [-0.39, 0.29) is 10.8 Å². The van der Waals surface area contributed by atoms with Gasteiger partial charge in [0, 0.05) is 45.0 Å². The van der Waals surface area contributed by atoms with E-state index < -0.39 is 0 Å². The molecule has 0 spiro atoms. The molecule has 1 unspecified atom stereocenters. The number of fused-ring (bicyclic) bond motifs is 6. The second kappa shape index (κ2) is 15.6. The molecule has 8 aromatic rings. The van der Waals surface area contributed by atoms with Gasteiger partial charge in [-0.1, -0.05) is 156 Å². The van der Waals surface area contributed by atoms with Crippen LogP contribution < -0.4 is 9.80 Å². The summed E-state index contributed by atoms with van der Waals surface area (Å²) in [4.78, 5) is 4.81. The van der Waals surface area contributed by atoms with Crippen LogP contribution in [0.15, 0.2) is 170 Å². The molecule has 0 radical (unpaired) electrons. The van der Waals surface area contributed by atoms with Gasteiger partial charge in [0.2, 0.25) is 0 Å². The van der Waals surface area contributed by atoms with Gasteiger partial charge in [0.05, 0.1) is 0 Å². The molecule has 10 rings (SSSR count). The monoisotopic (exact) mass is 832 g/mol. The van der Waals surface area contributed by atoms with E-state index in [0.29, 0.717) is 11.8 Å². The van der Waals surface area contributed by atoms with Gasteiger partial charge in [0.25, 0.3) is 0 Å². The van der Waals surface area contributed by atoms with Crippen molar-refractivity contribution in [1.29, 1.82) is 0 Å². The number of hydrogen-bond acceptors (Lipinski definition) is 2. The van der Waals surface area contributed by atoms with Crippen molar-refractivity contribution in [3.63, 3.8) is 0 Å². The van der Waals surface area contributed by atoms with Gasteiger partial charge >= 0.3 is 0 Å². The maximum atomic E-state index is 2.48. The van der Waals surface area contributed by atoms with Crippen molar-refractivity contribution >= 4 is 34.1 Å². The molecule has 0 saturated carbocycles. The van der Waals surface area contributed by atoms with Gasteiger partial charge in [0.15, 0.2) is 0 Å². The largest absolute Gasteiger partial charge is 0.310 e. The van der Waals surface area contributed by atoms with Crippen molar-refractivity contribution in [2.24, 2.45) is 5.92 Å². The Balaban J connectivity index is 0.996. The first-order valence-corrected chi connectivity index (χ1v) is 23.2. The summed E-state index contributed by atoms with van der Waals surface area (Å²) in [6, 6.07) is 64.4. The molecule has 2 aliphatic carbocycles. The maximum Gasteiger partial charge on any atom is 0.0465 e. The van der Waals surface area contributed by atoms with E-state index in [9.17, 15) is 0 Å². The smallest absolute Gasteiger partial charge is 0.0465 e. The van der Waals surface area contributed by atoms with Crippen molar-refractivity contribution in [2.75, 3.05) is 9.80 Å². The molecular formula is C62H60N2. The first-order valence-electron chi connectivity index (χ1n) is 23.2. The van der Waals surface area contributed by atoms with Gasteiger partial charge in [-0.05, 0) is 173 Å². The van der Waals surface area contributed by atoms with E-state index in [2.05, 4.69) is 249 Å². The zero-order chi connectivity index (χ0) is 44.7. The molecule has 8 aromatic carbocycles. The summed E-state index contributed by atoms with van der Waals surface area (Å²) in [5, 5.41) is 0. The van der Waals surface area contributed by atoms with E-state index >= 15 is 0 Å². The first-order chi connectivity index (χ1) is 30.7. The lowest BCUT2D eigenvalue weighted by Crippen LogP contribution is -2.17. The summed E-state index contributed by atoms with van der Waals surface area (Å²) < 4.78 is 0. The van der Waals surface area contributed by atoms with Crippen LogP contribution in [0.4, 0.5) is 34.1 Å². The fourth-order valence-corrected chi connectivity index (χ4v) is 10.4. The molecule has 2 heteroatoms. The average Bonchev–Trinajstić information content (AvgIpc) is 3.66. The Labute approximate surface area is 381 Å². The molecule has 64 heavy (non-hydrogen) atoms. The van der Waals surface area contributed by atoms with Crippen LogP contribution in [0.1, 0.15) is 98.9 Å². The van der Waals surface area contributed by atoms with Crippen LogP contribution in [0.3, 0.4) is 0 Å². The lowest BCUT2D eigenvalue weighted by Gasteiger charge is -2.29. The van der Waals surface area contributed by atoms with Gasteiger partial charge in [0.1, 0.15) is 0 Å².